The van der Waals surface area contributed by atoms with Crippen LogP contribution in [-0.4, -0.2) is 40.1 Å². The van der Waals surface area contributed by atoms with Crippen molar-refractivity contribution in [3.63, 3.8) is 0 Å². The third-order valence-corrected chi connectivity index (χ3v) is 3.40. The van der Waals surface area contributed by atoms with Gasteiger partial charge in [-0.1, -0.05) is 0 Å². The number of hydrogen-bond donors (Lipinski definition) is 1. The van der Waals surface area contributed by atoms with Crippen LogP contribution in [0.4, 0.5) is 5.95 Å². The SMILES string of the molecule is COc1cc(OC)nc(C(=O)Nc2nc(C)cc(C3CC3)n2)n1. The normalized spacial score (nSPS) is 13.5. The van der Waals surface area contributed by atoms with E-state index in [1.54, 1.807) is 0 Å². The maximum atomic E-state index is 12.3. The summed E-state index contributed by atoms with van der Waals surface area (Å²) in [6.07, 6.45) is 2.25. The van der Waals surface area contributed by atoms with Crippen molar-refractivity contribution in [3.05, 3.63) is 29.3 Å². The molecule has 8 heteroatoms. The molecular weight excluding hydrogens is 298 g/mol. The summed E-state index contributed by atoms with van der Waals surface area (Å²) >= 11 is 0. The van der Waals surface area contributed by atoms with Crippen molar-refractivity contribution in [2.45, 2.75) is 25.7 Å². The minimum Gasteiger partial charge on any atom is -0.481 e. The first-order chi connectivity index (χ1) is 11.1. The number of methoxy groups -OCH3 is 2. The minimum absolute atomic E-state index is 0.0701. The standard InChI is InChI=1S/C15H17N5O3/c1-8-6-10(9-4-5-9)17-15(16-8)20-14(21)13-18-11(22-2)7-12(19-13)23-3/h6-7,9H,4-5H2,1-3H3,(H,16,17,20,21). The quantitative estimate of drug-likeness (QED) is 0.896. The molecule has 120 valence electrons. The lowest BCUT2D eigenvalue weighted by Crippen LogP contribution is -2.18. The van der Waals surface area contributed by atoms with Gasteiger partial charge in [0.2, 0.25) is 23.5 Å². The van der Waals surface area contributed by atoms with Crippen LogP contribution in [0.25, 0.3) is 0 Å². The topological polar surface area (TPSA) is 99.1 Å². The molecule has 1 amide bonds. The maximum Gasteiger partial charge on any atom is 0.296 e. The molecule has 8 nitrogen and oxygen atoms in total. The van der Waals surface area contributed by atoms with Crippen LogP contribution in [0.5, 0.6) is 11.8 Å². The summed E-state index contributed by atoms with van der Waals surface area (Å²) in [4.78, 5) is 29.0. The van der Waals surface area contributed by atoms with Gasteiger partial charge in [-0.2, -0.15) is 9.97 Å². The lowest BCUT2D eigenvalue weighted by atomic mass is 10.2. The first-order valence-electron chi connectivity index (χ1n) is 7.23. The number of hydrogen-bond acceptors (Lipinski definition) is 7. The molecule has 1 fully saturated rings. The molecule has 0 spiro atoms. The predicted molar refractivity (Wildman–Crippen MR) is 81.8 cm³/mol. The highest BCUT2D eigenvalue weighted by molar-refractivity contribution is 6.00. The van der Waals surface area contributed by atoms with E-state index in [0.717, 1.165) is 24.2 Å². The molecule has 2 aromatic heterocycles. The van der Waals surface area contributed by atoms with Gasteiger partial charge in [0, 0.05) is 17.3 Å². The first-order valence-corrected chi connectivity index (χ1v) is 7.23. The molecule has 3 rings (SSSR count). The maximum absolute atomic E-state index is 12.3. The van der Waals surface area contributed by atoms with Gasteiger partial charge in [-0.15, -0.1) is 0 Å². The number of aromatic nitrogens is 4. The van der Waals surface area contributed by atoms with Crippen LogP contribution < -0.4 is 14.8 Å². The summed E-state index contributed by atoms with van der Waals surface area (Å²) in [7, 11) is 2.91. The van der Waals surface area contributed by atoms with Crippen LogP contribution in [0.3, 0.4) is 0 Å². The molecule has 0 aliphatic heterocycles. The molecule has 1 aliphatic rings. The summed E-state index contributed by atoms with van der Waals surface area (Å²) in [6, 6.07) is 3.43. The van der Waals surface area contributed by atoms with E-state index < -0.39 is 5.91 Å². The summed E-state index contributed by atoms with van der Waals surface area (Å²) in [6.45, 7) is 1.87. The van der Waals surface area contributed by atoms with Gasteiger partial charge >= 0.3 is 0 Å². The van der Waals surface area contributed by atoms with Crippen molar-refractivity contribution in [1.82, 2.24) is 19.9 Å². The van der Waals surface area contributed by atoms with Gasteiger partial charge in [0.25, 0.3) is 5.91 Å². The monoisotopic (exact) mass is 315 g/mol. The number of rotatable bonds is 5. The molecule has 0 unspecified atom stereocenters. The summed E-state index contributed by atoms with van der Waals surface area (Å²) in [5, 5.41) is 2.63. The lowest BCUT2D eigenvalue weighted by Gasteiger charge is -2.08. The molecule has 1 N–H and O–H groups in total. The van der Waals surface area contributed by atoms with Gasteiger partial charge < -0.3 is 9.47 Å². The second-order valence-electron chi connectivity index (χ2n) is 5.26. The Hall–Kier alpha value is -2.77. The van der Waals surface area contributed by atoms with E-state index in [9.17, 15) is 4.79 Å². The fourth-order valence-electron chi connectivity index (χ4n) is 2.11. The Balaban J connectivity index is 1.84. The summed E-state index contributed by atoms with van der Waals surface area (Å²) in [5.74, 6) is 0.619. The number of carbonyl (C=O) groups excluding carboxylic acids is 1. The van der Waals surface area contributed by atoms with Gasteiger partial charge in [0.1, 0.15) is 0 Å². The lowest BCUT2D eigenvalue weighted by molar-refractivity contribution is 0.101. The van der Waals surface area contributed by atoms with E-state index in [1.165, 1.54) is 20.3 Å². The molecule has 1 saturated carbocycles. The van der Waals surface area contributed by atoms with E-state index in [2.05, 4.69) is 25.3 Å². The van der Waals surface area contributed by atoms with Crippen molar-refractivity contribution in [3.8, 4) is 11.8 Å². The second-order valence-corrected chi connectivity index (χ2v) is 5.26. The number of amides is 1. The molecule has 0 atom stereocenters. The number of nitrogens with one attached hydrogen (secondary N) is 1. The van der Waals surface area contributed by atoms with Crippen LogP contribution in [-0.2, 0) is 0 Å². The van der Waals surface area contributed by atoms with Crippen LogP contribution in [0.1, 0.15) is 40.8 Å². The van der Waals surface area contributed by atoms with E-state index in [-0.39, 0.29) is 23.5 Å². The average molecular weight is 315 g/mol. The Morgan fingerprint density at radius 1 is 1.09 bits per heavy atom. The van der Waals surface area contributed by atoms with E-state index in [0.29, 0.717) is 5.92 Å². The van der Waals surface area contributed by atoms with Crippen LogP contribution in [0.2, 0.25) is 0 Å². The van der Waals surface area contributed by atoms with Crippen molar-refractivity contribution < 1.29 is 14.3 Å². The second kappa shape index (κ2) is 6.15. The van der Waals surface area contributed by atoms with Gasteiger partial charge in [0.15, 0.2) is 0 Å². The zero-order chi connectivity index (χ0) is 16.4. The van der Waals surface area contributed by atoms with Crippen LogP contribution >= 0.6 is 0 Å². The predicted octanol–water partition coefficient (Wildman–Crippen LogP) is 1.72. The van der Waals surface area contributed by atoms with Crippen molar-refractivity contribution in [2.24, 2.45) is 0 Å². The van der Waals surface area contributed by atoms with Crippen molar-refractivity contribution in [1.29, 1.82) is 0 Å². The Bertz CT molecular complexity index is 724. The van der Waals surface area contributed by atoms with E-state index >= 15 is 0 Å². The number of ether oxygens (including phenoxy) is 2. The zero-order valence-electron chi connectivity index (χ0n) is 13.2. The number of aryl methyl sites for hydroxylation is 1. The van der Waals surface area contributed by atoms with Crippen molar-refractivity contribution in [2.75, 3.05) is 19.5 Å². The highest BCUT2D eigenvalue weighted by atomic mass is 16.5. The molecule has 23 heavy (non-hydrogen) atoms. The zero-order valence-corrected chi connectivity index (χ0v) is 13.2. The van der Waals surface area contributed by atoms with E-state index in [4.69, 9.17) is 9.47 Å². The minimum atomic E-state index is -0.519. The fourth-order valence-corrected chi connectivity index (χ4v) is 2.11. The summed E-state index contributed by atoms with van der Waals surface area (Å²) in [5.41, 5.74) is 1.76. The Morgan fingerprint density at radius 2 is 1.74 bits per heavy atom. The largest absolute Gasteiger partial charge is 0.481 e. The molecule has 2 heterocycles. The molecule has 2 aromatic rings. The molecule has 0 aromatic carbocycles. The van der Waals surface area contributed by atoms with Gasteiger partial charge in [-0.25, -0.2) is 9.97 Å². The van der Waals surface area contributed by atoms with Crippen molar-refractivity contribution >= 4 is 11.9 Å². The van der Waals surface area contributed by atoms with Gasteiger partial charge in [0.05, 0.1) is 20.3 Å². The molecular formula is C15H17N5O3. The van der Waals surface area contributed by atoms with Gasteiger partial charge in [-0.05, 0) is 25.8 Å². The Morgan fingerprint density at radius 3 is 2.30 bits per heavy atom. The molecule has 1 aliphatic carbocycles. The third kappa shape index (κ3) is 3.53. The van der Waals surface area contributed by atoms with Gasteiger partial charge in [-0.3, -0.25) is 10.1 Å². The molecule has 0 radical (unpaired) electrons. The Labute approximate surface area is 133 Å². The Kier molecular flexibility index (Phi) is 4.05. The average Bonchev–Trinajstić information content (AvgIpc) is 3.38. The number of carbonyl (C=O) groups is 1. The number of nitrogens with zero attached hydrogens (tertiary/aromatic N) is 4. The fraction of sp³-hybridized carbons (Fsp3) is 0.400. The van der Waals surface area contributed by atoms with Crippen LogP contribution in [0, 0.1) is 6.92 Å². The van der Waals surface area contributed by atoms with E-state index in [1.807, 2.05) is 13.0 Å². The highest BCUT2D eigenvalue weighted by Crippen LogP contribution is 2.39. The molecule has 0 saturated heterocycles. The van der Waals surface area contributed by atoms with Crippen LogP contribution in [0.15, 0.2) is 12.1 Å². The first kappa shape index (κ1) is 15.1. The highest BCUT2D eigenvalue weighted by Gasteiger charge is 2.26. The molecule has 0 bridgehead atoms. The number of anilines is 1. The smallest absolute Gasteiger partial charge is 0.296 e. The summed E-state index contributed by atoms with van der Waals surface area (Å²) < 4.78 is 10.1. The third-order valence-electron chi connectivity index (χ3n) is 3.40.